The van der Waals surface area contributed by atoms with Crippen LogP contribution in [0, 0.1) is 5.82 Å². The lowest BCUT2D eigenvalue weighted by Crippen LogP contribution is -1.86. The number of benzene rings is 1. The molecule has 0 spiro atoms. The Morgan fingerprint density at radius 2 is 2.21 bits per heavy atom. The summed E-state index contributed by atoms with van der Waals surface area (Å²) in [6, 6.07) is 4.88. The van der Waals surface area contributed by atoms with Gasteiger partial charge in [0.2, 0.25) is 0 Å². The van der Waals surface area contributed by atoms with E-state index in [1.165, 1.54) is 13.2 Å². The van der Waals surface area contributed by atoms with Crippen LogP contribution >= 0.6 is 0 Å². The number of ether oxygens (including phenoxy) is 1. The van der Waals surface area contributed by atoms with Gasteiger partial charge in [-0.25, -0.2) is 4.39 Å². The highest BCUT2D eigenvalue weighted by Crippen LogP contribution is 2.17. The molecule has 0 aliphatic rings. The third-order valence-electron chi connectivity index (χ3n) is 1.96. The van der Waals surface area contributed by atoms with Crippen LogP contribution in [0.3, 0.4) is 0 Å². The first-order chi connectivity index (χ1) is 6.77. The Morgan fingerprint density at radius 1 is 1.43 bits per heavy atom. The first-order valence-electron chi connectivity index (χ1n) is 4.78. The van der Waals surface area contributed by atoms with Crippen LogP contribution in [0.4, 0.5) is 4.39 Å². The quantitative estimate of drug-likeness (QED) is 0.711. The first-order valence-corrected chi connectivity index (χ1v) is 4.78. The molecule has 0 fully saturated rings. The highest BCUT2D eigenvalue weighted by molar-refractivity contribution is 5.51. The summed E-state index contributed by atoms with van der Waals surface area (Å²) >= 11 is 0. The van der Waals surface area contributed by atoms with E-state index in [0.29, 0.717) is 11.3 Å². The van der Waals surface area contributed by atoms with Gasteiger partial charge in [0.1, 0.15) is 11.6 Å². The molecule has 0 atom stereocenters. The zero-order chi connectivity index (χ0) is 10.4. The Labute approximate surface area is 84.2 Å². The lowest BCUT2D eigenvalue weighted by molar-refractivity contribution is 0.411. The van der Waals surface area contributed by atoms with Crippen molar-refractivity contribution in [1.82, 2.24) is 0 Å². The molecule has 1 aromatic rings. The van der Waals surface area contributed by atoms with Crippen molar-refractivity contribution in [3.8, 4) is 5.75 Å². The van der Waals surface area contributed by atoms with Gasteiger partial charge in [-0.05, 0) is 18.6 Å². The van der Waals surface area contributed by atoms with E-state index in [0.717, 1.165) is 12.8 Å². The second kappa shape index (κ2) is 5.43. The summed E-state index contributed by atoms with van der Waals surface area (Å²) in [7, 11) is 1.53. The molecule has 0 bridgehead atoms. The molecule has 0 aliphatic carbocycles. The van der Waals surface area contributed by atoms with Gasteiger partial charge in [0.15, 0.2) is 0 Å². The van der Waals surface area contributed by atoms with Gasteiger partial charge in [-0.1, -0.05) is 25.5 Å². The second-order valence-corrected chi connectivity index (χ2v) is 3.08. The predicted octanol–water partition coefficient (Wildman–Crippen LogP) is 3.65. The van der Waals surface area contributed by atoms with E-state index >= 15 is 0 Å². The zero-order valence-electron chi connectivity index (χ0n) is 8.59. The summed E-state index contributed by atoms with van der Waals surface area (Å²) in [6.45, 7) is 2.09. The summed E-state index contributed by atoms with van der Waals surface area (Å²) in [5.74, 6) is 0.312. The van der Waals surface area contributed by atoms with Crippen molar-refractivity contribution in [2.45, 2.75) is 19.8 Å². The van der Waals surface area contributed by atoms with Gasteiger partial charge in [0.25, 0.3) is 0 Å². The molecule has 0 unspecified atom stereocenters. The molecule has 0 saturated heterocycles. The van der Waals surface area contributed by atoms with Crippen molar-refractivity contribution < 1.29 is 9.13 Å². The summed E-state index contributed by atoms with van der Waals surface area (Å²) in [5.41, 5.74) is 0.610. The largest absolute Gasteiger partial charge is 0.497 e. The van der Waals surface area contributed by atoms with Crippen LogP contribution in [0.15, 0.2) is 24.3 Å². The number of hydrogen-bond acceptors (Lipinski definition) is 1. The van der Waals surface area contributed by atoms with Crippen molar-refractivity contribution in [3.63, 3.8) is 0 Å². The highest BCUT2D eigenvalue weighted by Gasteiger charge is 1.99. The minimum atomic E-state index is -0.239. The number of unbranched alkanes of at least 4 members (excludes halogenated alkanes) is 1. The van der Waals surface area contributed by atoms with Crippen LogP contribution in [-0.2, 0) is 0 Å². The molecule has 0 N–H and O–H groups in total. The van der Waals surface area contributed by atoms with E-state index in [4.69, 9.17) is 4.74 Å². The fourth-order valence-electron chi connectivity index (χ4n) is 1.15. The third-order valence-corrected chi connectivity index (χ3v) is 1.96. The molecular weight excluding hydrogens is 179 g/mol. The Balaban J connectivity index is 2.78. The Morgan fingerprint density at radius 3 is 2.79 bits per heavy atom. The maximum absolute atomic E-state index is 13.3. The minimum absolute atomic E-state index is 0.239. The molecule has 0 aromatic heterocycles. The maximum Gasteiger partial charge on any atom is 0.134 e. The molecule has 0 radical (unpaired) electrons. The first kappa shape index (κ1) is 10.8. The molecule has 1 rings (SSSR count). The van der Waals surface area contributed by atoms with Crippen LogP contribution < -0.4 is 4.74 Å². The average Bonchev–Trinajstić information content (AvgIpc) is 2.20. The lowest BCUT2D eigenvalue weighted by atomic mass is 10.1. The number of allylic oxidation sites excluding steroid dienone is 1. The smallest absolute Gasteiger partial charge is 0.134 e. The van der Waals surface area contributed by atoms with Crippen molar-refractivity contribution in [1.29, 1.82) is 0 Å². The monoisotopic (exact) mass is 194 g/mol. The second-order valence-electron chi connectivity index (χ2n) is 3.08. The van der Waals surface area contributed by atoms with Crippen molar-refractivity contribution in [2.24, 2.45) is 0 Å². The fraction of sp³-hybridized carbons (Fsp3) is 0.333. The van der Waals surface area contributed by atoms with Gasteiger partial charge in [-0.2, -0.15) is 0 Å². The number of methoxy groups -OCH3 is 1. The van der Waals surface area contributed by atoms with Gasteiger partial charge < -0.3 is 4.74 Å². The summed E-state index contributed by atoms with van der Waals surface area (Å²) in [4.78, 5) is 0. The van der Waals surface area contributed by atoms with E-state index in [1.54, 1.807) is 18.2 Å². The number of halogens is 1. The number of hydrogen-bond donors (Lipinski definition) is 0. The third kappa shape index (κ3) is 2.87. The van der Waals surface area contributed by atoms with Crippen LogP contribution in [-0.4, -0.2) is 7.11 Å². The summed E-state index contributed by atoms with van der Waals surface area (Å²) in [5, 5.41) is 0. The van der Waals surface area contributed by atoms with Crippen LogP contribution in [0.25, 0.3) is 6.08 Å². The molecule has 0 heterocycles. The van der Waals surface area contributed by atoms with Crippen molar-refractivity contribution in [3.05, 3.63) is 35.7 Å². The summed E-state index contributed by atoms with van der Waals surface area (Å²) < 4.78 is 18.2. The Kier molecular flexibility index (Phi) is 4.17. The van der Waals surface area contributed by atoms with Gasteiger partial charge >= 0.3 is 0 Å². The van der Waals surface area contributed by atoms with E-state index in [-0.39, 0.29) is 5.82 Å². The maximum atomic E-state index is 13.3. The molecule has 2 heteroatoms. The normalized spacial score (nSPS) is 10.8. The zero-order valence-corrected chi connectivity index (χ0v) is 8.59. The van der Waals surface area contributed by atoms with Gasteiger partial charge in [0.05, 0.1) is 7.11 Å². The topological polar surface area (TPSA) is 9.23 Å². The molecule has 0 aliphatic heterocycles. The standard InChI is InChI=1S/C12H15FO/c1-3-4-5-6-10-7-8-11(14-2)9-12(10)13/h5-9H,3-4H2,1-2H3/b6-5+. The average molecular weight is 194 g/mol. The SMILES string of the molecule is CCC/C=C/c1ccc(OC)cc1F. The van der Waals surface area contributed by atoms with Gasteiger partial charge in [-0.15, -0.1) is 0 Å². The van der Waals surface area contributed by atoms with Gasteiger partial charge in [0, 0.05) is 11.6 Å². The van der Waals surface area contributed by atoms with Crippen LogP contribution in [0.2, 0.25) is 0 Å². The van der Waals surface area contributed by atoms with Crippen LogP contribution in [0.5, 0.6) is 5.75 Å². The highest BCUT2D eigenvalue weighted by atomic mass is 19.1. The van der Waals surface area contributed by atoms with E-state index in [1.807, 2.05) is 6.08 Å². The van der Waals surface area contributed by atoms with Gasteiger partial charge in [-0.3, -0.25) is 0 Å². The molecular formula is C12H15FO. The molecule has 14 heavy (non-hydrogen) atoms. The molecule has 0 amide bonds. The molecule has 1 aromatic carbocycles. The lowest BCUT2D eigenvalue weighted by Gasteiger charge is -2.01. The fourth-order valence-corrected chi connectivity index (χ4v) is 1.15. The van der Waals surface area contributed by atoms with E-state index in [2.05, 4.69) is 6.92 Å². The van der Waals surface area contributed by atoms with Crippen LogP contribution in [0.1, 0.15) is 25.3 Å². The minimum Gasteiger partial charge on any atom is -0.497 e. The predicted molar refractivity (Wildman–Crippen MR) is 56.9 cm³/mol. The Hall–Kier alpha value is -1.31. The van der Waals surface area contributed by atoms with E-state index in [9.17, 15) is 4.39 Å². The molecule has 0 saturated carbocycles. The number of rotatable bonds is 4. The van der Waals surface area contributed by atoms with Crippen molar-refractivity contribution >= 4 is 6.08 Å². The molecule has 76 valence electrons. The van der Waals surface area contributed by atoms with E-state index < -0.39 is 0 Å². The molecule has 1 nitrogen and oxygen atoms in total. The summed E-state index contributed by atoms with van der Waals surface area (Å²) in [6.07, 6.45) is 5.84. The van der Waals surface area contributed by atoms with Crippen molar-refractivity contribution in [2.75, 3.05) is 7.11 Å². The Bertz CT molecular complexity index is 318.